The van der Waals surface area contributed by atoms with Gasteiger partial charge in [-0.3, -0.25) is 0 Å². The second-order valence-electron chi connectivity index (χ2n) is 4.07. The zero-order valence-electron chi connectivity index (χ0n) is 10.6. The third-order valence-electron chi connectivity index (χ3n) is 2.67. The molecule has 3 nitrogen and oxygen atoms in total. The van der Waals surface area contributed by atoms with Gasteiger partial charge in [-0.2, -0.15) is 5.26 Å². The summed E-state index contributed by atoms with van der Waals surface area (Å²) < 4.78 is 6.17. The Morgan fingerprint density at radius 3 is 2.74 bits per heavy atom. The Kier molecular flexibility index (Phi) is 4.32. The molecule has 1 aromatic carbocycles. The molecule has 1 aromatic heterocycles. The summed E-state index contributed by atoms with van der Waals surface area (Å²) in [5, 5.41) is 8.89. The van der Waals surface area contributed by atoms with E-state index in [0.717, 1.165) is 23.4 Å². The summed E-state index contributed by atoms with van der Waals surface area (Å²) >= 11 is 5.15. The number of hydrogen-bond donors (Lipinski definition) is 1. The number of aromatic nitrogens is 1. The molecule has 0 fully saturated rings. The Morgan fingerprint density at radius 1 is 1.26 bits per heavy atom. The van der Waals surface area contributed by atoms with E-state index in [1.807, 2.05) is 30.3 Å². The summed E-state index contributed by atoms with van der Waals surface area (Å²) in [6.07, 6.45) is 0.956. The number of H-pyrrole nitrogens is 1. The van der Waals surface area contributed by atoms with Crippen LogP contribution in [0.3, 0.4) is 0 Å². The van der Waals surface area contributed by atoms with Gasteiger partial charge in [0.15, 0.2) is 0 Å². The van der Waals surface area contributed by atoms with Crippen molar-refractivity contribution in [3.05, 3.63) is 46.6 Å². The normalized spacial score (nSPS) is 9.89. The minimum atomic E-state index is 0.449. The molecule has 2 rings (SSSR count). The first-order valence-corrected chi connectivity index (χ1v) is 6.52. The summed E-state index contributed by atoms with van der Waals surface area (Å²) in [5.41, 5.74) is 2.29. The smallest absolute Gasteiger partial charge is 0.128 e. The van der Waals surface area contributed by atoms with Crippen molar-refractivity contribution in [3.63, 3.8) is 0 Å². The number of hydrogen-bond acceptors (Lipinski definition) is 3. The maximum atomic E-state index is 8.89. The van der Waals surface area contributed by atoms with E-state index in [1.54, 1.807) is 6.07 Å². The third-order valence-corrected chi connectivity index (χ3v) is 2.99. The SMILES string of the molecule is CCCOc1ccccc1-c1ccc(C#N)c(=S)[nH]1. The number of aromatic amines is 1. The van der Waals surface area contributed by atoms with Crippen LogP contribution in [-0.2, 0) is 0 Å². The first kappa shape index (κ1) is 13.3. The van der Waals surface area contributed by atoms with Gasteiger partial charge in [0.05, 0.1) is 17.9 Å². The lowest BCUT2D eigenvalue weighted by Crippen LogP contribution is -1.97. The molecule has 0 aliphatic rings. The van der Waals surface area contributed by atoms with Crippen LogP contribution in [0.1, 0.15) is 18.9 Å². The summed E-state index contributed by atoms with van der Waals surface area (Å²) in [5.74, 6) is 0.819. The summed E-state index contributed by atoms with van der Waals surface area (Å²) in [6.45, 7) is 2.74. The molecule has 0 saturated carbocycles. The molecule has 4 heteroatoms. The number of ether oxygens (including phenoxy) is 1. The van der Waals surface area contributed by atoms with Crippen LogP contribution in [0.15, 0.2) is 36.4 Å². The molecular weight excluding hydrogens is 256 g/mol. The average Bonchev–Trinajstić information content (AvgIpc) is 2.45. The zero-order chi connectivity index (χ0) is 13.7. The Balaban J connectivity index is 2.44. The van der Waals surface area contributed by atoms with Crippen molar-refractivity contribution in [2.75, 3.05) is 6.61 Å². The lowest BCUT2D eigenvalue weighted by Gasteiger charge is -2.11. The van der Waals surface area contributed by atoms with Gasteiger partial charge in [-0.05, 0) is 30.7 Å². The molecule has 0 amide bonds. The van der Waals surface area contributed by atoms with Gasteiger partial charge in [-0.25, -0.2) is 0 Å². The topological polar surface area (TPSA) is 48.8 Å². The van der Waals surface area contributed by atoms with Crippen LogP contribution in [0, 0.1) is 16.0 Å². The molecule has 0 saturated heterocycles. The standard InChI is InChI=1S/C15H14N2OS/c1-2-9-18-14-6-4-3-5-12(14)13-8-7-11(10-16)15(19)17-13/h3-8H,2,9H2,1H3,(H,17,19). The van der Waals surface area contributed by atoms with Gasteiger partial charge in [-0.15, -0.1) is 0 Å². The lowest BCUT2D eigenvalue weighted by molar-refractivity contribution is 0.318. The van der Waals surface area contributed by atoms with Crippen LogP contribution in [0.25, 0.3) is 11.3 Å². The number of para-hydroxylation sites is 1. The van der Waals surface area contributed by atoms with Gasteiger partial charge < -0.3 is 9.72 Å². The Bertz CT molecular complexity index is 670. The summed E-state index contributed by atoms with van der Waals surface area (Å²) in [6, 6.07) is 13.4. The molecule has 96 valence electrons. The van der Waals surface area contributed by atoms with Gasteiger partial charge in [-0.1, -0.05) is 31.3 Å². The molecular formula is C15H14N2OS. The largest absolute Gasteiger partial charge is 0.493 e. The van der Waals surface area contributed by atoms with E-state index in [-0.39, 0.29) is 0 Å². The van der Waals surface area contributed by atoms with Crippen molar-refractivity contribution in [3.8, 4) is 23.1 Å². The van der Waals surface area contributed by atoms with Crippen molar-refractivity contribution in [2.24, 2.45) is 0 Å². The summed E-state index contributed by atoms with van der Waals surface area (Å²) in [7, 11) is 0. The number of benzene rings is 1. The molecule has 1 N–H and O–H groups in total. The van der Waals surface area contributed by atoms with Crippen LogP contribution in [0.2, 0.25) is 0 Å². The number of nitrogens with one attached hydrogen (secondary N) is 1. The van der Waals surface area contributed by atoms with E-state index in [1.165, 1.54) is 0 Å². The van der Waals surface area contributed by atoms with Gasteiger partial charge in [0.1, 0.15) is 16.5 Å². The Hall–Kier alpha value is -2.12. The molecule has 19 heavy (non-hydrogen) atoms. The van der Waals surface area contributed by atoms with Crippen molar-refractivity contribution in [1.29, 1.82) is 5.26 Å². The molecule has 2 aromatic rings. The number of nitriles is 1. The van der Waals surface area contributed by atoms with E-state index >= 15 is 0 Å². The van der Waals surface area contributed by atoms with Crippen LogP contribution >= 0.6 is 12.2 Å². The quantitative estimate of drug-likeness (QED) is 0.852. The molecule has 1 heterocycles. The van der Waals surface area contributed by atoms with Gasteiger partial charge >= 0.3 is 0 Å². The molecule has 0 radical (unpaired) electrons. The molecule has 0 aliphatic carbocycles. The predicted molar refractivity (Wildman–Crippen MR) is 77.6 cm³/mol. The molecule has 0 unspecified atom stereocenters. The minimum Gasteiger partial charge on any atom is -0.493 e. The van der Waals surface area contributed by atoms with Crippen molar-refractivity contribution < 1.29 is 4.74 Å². The highest BCUT2D eigenvalue weighted by Gasteiger charge is 2.06. The number of pyridine rings is 1. The minimum absolute atomic E-state index is 0.449. The van der Waals surface area contributed by atoms with Crippen molar-refractivity contribution in [1.82, 2.24) is 4.98 Å². The third kappa shape index (κ3) is 3.01. The number of rotatable bonds is 4. The van der Waals surface area contributed by atoms with Gasteiger partial charge in [0.2, 0.25) is 0 Å². The molecule has 0 spiro atoms. The molecule has 0 atom stereocenters. The lowest BCUT2D eigenvalue weighted by atomic mass is 10.1. The Labute approximate surface area is 117 Å². The number of nitrogens with zero attached hydrogens (tertiary/aromatic N) is 1. The van der Waals surface area contributed by atoms with Crippen LogP contribution in [0.5, 0.6) is 5.75 Å². The van der Waals surface area contributed by atoms with Gasteiger partial charge in [0, 0.05) is 5.56 Å². The van der Waals surface area contributed by atoms with Crippen LogP contribution < -0.4 is 4.74 Å². The van der Waals surface area contributed by atoms with Crippen LogP contribution in [-0.4, -0.2) is 11.6 Å². The van der Waals surface area contributed by atoms with E-state index in [9.17, 15) is 0 Å². The van der Waals surface area contributed by atoms with Crippen molar-refractivity contribution in [2.45, 2.75) is 13.3 Å². The highest BCUT2D eigenvalue weighted by Crippen LogP contribution is 2.28. The Morgan fingerprint density at radius 2 is 2.05 bits per heavy atom. The highest BCUT2D eigenvalue weighted by atomic mass is 32.1. The fourth-order valence-corrected chi connectivity index (χ4v) is 1.97. The van der Waals surface area contributed by atoms with Crippen LogP contribution in [0.4, 0.5) is 0 Å². The maximum absolute atomic E-state index is 8.89. The zero-order valence-corrected chi connectivity index (χ0v) is 11.5. The second-order valence-corrected chi connectivity index (χ2v) is 4.48. The van der Waals surface area contributed by atoms with E-state index < -0.39 is 0 Å². The fourth-order valence-electron chi connectivity index (χ4n) is 1.75. The molecule has 0 bridgehead atoms. The first-order chi connectivity index (χ1) is 9.26. The fraction of sp³-hybridized carbons (Fsp3) is 0.200. The second kappa shape index (κ2) is 6.17. The van der Waals surface area contributed by atoms with Gasteiger partial charge in [0.25, 0.3) is 0 Å². The summed E-state index contributed by atoms with van der Waals surface area (Å²) in [4.78, 5) is 3.07. The van der Waals surface area contributed by atoms with Crippen molar-refractivity contribution >= 4 is 12.2 Å². The van der Waals surface area contributed by atoms with E-state index in [0.29, 0.717) is 16.8 Å². The highest BCUT2D eigenvalue weighted by molar-refractivity contribution is 7.71. The first-order valence-electron chi connectivity index (χ1n) is 6.12. The monoisotopic (exact) mass is 270 g/mol. The average molecular weight is 270 g/mol. The predicted octanol–water partition coefficient (Wildman–Crippen LogP) is 4.07. The van der Waals surface area contributed by atoms with E-state index in [2.05, 4.69) is 18.0 Å². The van der Waals surface area contributed by atoms with E-state index in [4.69, 9.17) is 22.2 Å². The maximum Gasteiger partial charge on any atom is 0.128 e. The molecule has 0 aliphatic heterocycles.